The van der Waals surface area contributed by atoms with E-state index in [0.29, 0.717) is 17.2 Å². The molecule has 0 heterocycles. The Bertz CT molecular complexity index is 1050. The number of hydrogen-bond donors (Lipinski definition) is 0. The van der Waals surface area contributed by atoms with Gasteiger partial charge in [0, 0.05) is 0 Å². The Morgan fingerprint density at radius 1 is 0.556 bits per heavy atom. The van der Waals surface area contributed by atoms with E-state index in [-0.39, 0.29) is 10.1 Å². The van der Waals surface area contributed by atoms with Crippen molar-refractivity contribution in [2.75, 3.05) is 21.3 Å². The molecule has 2 aromatic carbocycles. The van der Waals surface area contributed by atoms with E-state index >= 15 is 0 Å². The first-order valence-corrected chi connectivity index (χ1v) is 18.3. The highest BCUT2D eigenvalue weighted by Crippen LogP contribution is 2.45. The third-order valence-electron chi connectivity index (χ3n) is 7.47. The van der Waals surface area contributed by atoms with E-state index in [0.717, 1.165) is 22.6 Å². The van der Waals surface area contributed by atoms with E-state index in [1.54, 1.807) is 21.3 Å². The second-order valence-corrected chi connectivity index (χ2v) is 21.7. The summed E-state index contributed by atoms with van der Waals surface area (Å²) in [4.78, 5) is 0. The van der Waals surface area contributed by atoms with E-state index in [9.17, 15) is 0 Å². The van der Waals surface area contributed by atoms with Crippen molar-refractivity contribution in [1.82, 2.24) is 0 Å². The minimum Gasteiger partial charge on any atom is -0.541 e. The summed E-state index contributed by atoms with van der Waals surface area (Å²) in [6.07, 6.45) is 4.10. The molecule has 200 valence electrons. The van der Waals surface area contributed by atoms with Crippen LogP contribution in [0.1, 0.15) is 52.7 Å². The van der Waals surface area contributed by atoms with Gasteiger partial charge in [0.25, 0.3) is 16.6 Å². The third kappa shape index (κ3) is 6.88. The van der Waals surface area contributed by atoms with Gasteiger partial charge in [0.2, 0.25) is 0 Å². The Hall–Kier alpha value is -2.39. The Labute approximate surface area is 221 Å². The van der Waals surface area contributed by atoms with Crippen LogP contribution in [-0.4, -0.2) is 38.0 Å². The lowest BCUT2D eigenvalue weighted by atomic mass is 10.1. The molecule has 0 radical (unpaired) electrons. The molecule has 0 spiro atoms. The van der Waals surface area contributed by atoms with Crippen LogP contribution in [0.3, 0.4) is 0 Å². The van der Waals surface area contributed by atoms with Crippen LogP contribution in [0.4, 0.5) is 0 Å². The van der Waals surface area contributed by atoms with Crippen LogP contribution in [0, 0.1) is 0 Å². The summed E-state index contributed by atoms with van der Waals surface area (Å²) in [5.74, 6) is 3.51. The first-order chi connectivity index (χ1) is 16.5. The smallest absolute Gasteiger partial charge is 0.250 e. The van der Waals surface area contributed by atoms with Crippen molar-refractivity contribution in [2.24, 2.45) is 0 Å². The molecule has 36 heavy (non-hydrogen) atoms. The highest BCUT2D eigenvalue weighted by atomic mass is 28.4. The summed E-state index contributed by atoms with van der Waals surface area (Å²) in [6, 6.07) is 9.99. The third-order valence-corrected chi connectivity index (χ3v) is 16.1. The zero-order chi connectivity index (χ0) is 27.5. The fourth-order valence-electron chi connectivity index (χ4n) is 3.00. The monoisotopic (exact) mass is 530 g/mol. The zero-order valence-corrected chi connectivity index (χ0v) is 26.6. The molecule has 0 amide bonds. The number of hydrogen-bond acceptors (Lipinski definition) is 5. The Balaban J connectivity index is 2.44. The van der Waals surface area contributed by atoms with Crippen LogP contribution >= 0.6 is 0 Å². The largest absolute Gasteiger partial charge is 0.541 e. The van der Waals surface area contributed by atoms with Crippen molar-refractivity contribution < 1.29 is 23.1 Å². The molecule has 0 saturated heterocycles. The van der Waals surface area contributed by atoms with Crippen LogP contribution in [0.25, 0.3) is 12.2 Å². The maximum Gasteiger partial charge on any atom is 0.250 e. The molecule has 2 aromatic rings. The van der Waals surface area contributed by atoms with Crippen molar-refractivity contribution in [3.63, 3.8) is 0 Å². The second kappa shape index (κ2) is 10.9. The van der Waals surface area contributed by atoms with E-state index < -0.39 is 16.6 Å². The van der Waals surface area contributed by atoms with Gasteiger partial charge in [-0.1, -0.05) is 59.8 Å². The van der Waals surface area contributed by atoms with Crippen molar-refractivity contribution in [3.05, 3.63) is 41.5 Å². The second-order valence-electron chi connectivity index (χ2n) is 12.2. The molecule has 0 aliphatic carbocycles. The molecular weight excluding hydrogens is 484 g/mol. The first kappa shape index (κ1) is 29.8. The van der Waals surface area contributed by atoms with Crippen molar-refractivity contribution in [2.45, 2.75) is 77.8 Å². The van der Waals surface area contributed by atoms with E-state index in [2.05, 4.69) is 73.8 Å². The summed E-state index contributed by atoms with van der Waals surface area (Å²) in [7, 11) is 0.905. The SMILES string of the molecule is COc1ccc(/C=C\c2cc(OC)c(O[Si](C)(C)C(C)(C)C)c(OC)c2)cc1O[Si](C)(C)C(C)(C)C. The molecule has 0 aromatic heterocycles. The van der Waals surface area contributed by atoms with Gasteiger partial charge in [-0.05, 0) is 71.7 Å². The molecule has 0 atom stereocenters. The number of benzene rings is 2. The molecular formula is C29H46O5Si2. The fraction of sp³-hybridized carbons (Fsp3) is 0.517. The van der Waals surface area contributed by atoms with Crippen LogP contribution < -0.4 is 23.1 Å². The van der Waals surface area contributed by atoms with Crippen molar-refractivity contribution >= 4 is 28.8 Å². The molecule has 0 unspecified atom stereocenters. The highest BCUT2D eigenvalue weighted by molar-refractivity contribution is 6.75. The Morgan fingerprint density at radius 3 is 1.42 bits per heavy atom. The molecule has 0 aliphatic heterocycles. The average Bonchev–Trinajstić information content (AvgIpc) is 2.76. The maximum absolute atomic E-state index is 6.58. The number of methoxy groups -OCH3 is 3. The molecule has 0 bridgehead atoms. The van der Waals surface area contributed by atoms with Gasteiger partial charge in [0.1, 0.15) is 5.75 Å². The average molecular weight is 531 g/mol. The Kier molecular flexibility index (Phi) is 9.06. The summed E-state index contributed by atoms with van der Waals surface area (Å²) < 4.78 is 30.2. The van der Waals surface area contributed by atoms with E-state index in [4.69, 9.17) is 23.1 Å². The molecule has 2 rings (SSSR count). The number of ether oxygens (including phenoxy) is 3. The Morgan fingerprint density at radius 2 is 0.972 bits per heavy atom. The van der Waals surface area contributed by atoms with Crippen LogP contribution in [0.2, 0.25) is 36.3 Å². The number of rotatable bonds is 9. The van der Waals surface area contributed by atoms with Gasteiger partial charge < -0.3 is 23.1 Å². The summed E-state index contributed by atoms with van der Waals surface area (Å²) in [5.41, 5.74) is 1.97. The predicted molar refractivity (Wildman–Crippen MR) is 157 cm³/mol. The van der Waals surface area contributed by atoms with Crippen LogP contribution in [0.5, 0.6) is 28.7 Å². The lowest BCUT2D eigenvalue weighted by Gasteiger charge is -2.37. The minimum atomic E-state index is -2.08. The van der Waals surface area contributed by atoms with Gasteiger partial charge in [-0.15, -0.1) is 0 Å². The van der Waals surface area contributed by atoms with Crippen molar-refractivity contribution in [3.8, 4) is 28.7 Å². The lowest BCUT2D eigenvalue weighted by molar-refractivity contribution is 0.354. The summed E-state index contributed by atoms with van der Waals surface area (Å²) in [5, 5.41) is 0.144. The van der Waals surface area contributed by atoms with Crippen molar-refractivity contribution in [1.29, 1.82) is 0 Å². The van der Waals surface area contributed by atoms with Gasteiger partial charge in [-0.25, -0.2) is 0 Å². The minimum absolute atomic E-state index is 0.0557. The fourth-order valence-corrected chi connectivity index (χ4v) is 5.04. The molecule has 0 fully saturated rings. The predicted octanol–water partition coefficient (Wildman–Crippen LogP) is 8.65. The van der Waals surface area contributed by atoms with Crippen LogP contribution in [0.15, 0.2) is 30.3 Å². The van der Waals surface area contributed by atoms with E-state index in [1.807, 2.05) is 36.4 Å². The van der Waals surface area contributed by atoms with Gasteiger partial charge in [-0.3, -0.25) is 0 Å². The van der Waals surface area contributed by atoms with Gasteiger partial charge in [-0.2, -0.15) is 0 Å². The molecule has 0 saturated carbocycles. The lowest BCUT2D eigenvalue weighted by Crippen LogP contribution is -2.44. The summed E-state index contributed by atoms with van der Waals surface area (Å²) in [6.45, 7) is 22.2. The zero-order valence-electron chi connectivity index (χ0n) is 24.6. The summed E-state index contributed by atoms with van der Waals surface area (Å²) >= 11 is 0. The van der Waals surface area contributed by atoms with Gasteiger partial charge in [0.05, 0.1) is 21.3 Å². The van der Waals surface area contributed by atoms with E-state index in [1.165, 1.54) is 0 Å². The normalized spacial score (nSPS) is 13.0. The topological polar surface area (TPSA) is 46.2 Å². The van der Waals surface area contributed by atoms with Gasteiger partial charge >= 0.3 is 0 Å². The molecule has 0 N–H and O–H groups in total. The molecule has 0 aliphatic rings. The van der Waals surface area contributed by atoms with Gasteiger partial charge in [0.15, 0.2) is 23.0 Å². The van der Waals surface area contributed by atoms with Crippen LogP contribution in [-0.2, 0) is 0 Å². The quantitative estimate of drug-likeness (QED) is 0.240. The standard InChI is InChI=1S/C29H46O5Si2/c1-28(2,3)35(10,11)33-24-18-21(16-17-23(24)30-7)14-15-22-19-25(31-8)27(26(20-22)32-9)34-36(12,13)29(4,5)6/h14-20H,1-13H3/b15-14-. The molecule has 5 nitrogen and oxygen atoms in total. The maximum atomic E-state index is 6.58. The molecule has 7 heteroatoms. The first-order valence-electron chi connectivity index (χ1n) is 12.5. The highest BCUT2D eigenvalue weighted by Gasteiger charge is 2.41.